The van der Waals surface area contributed by atoms with Crippen LogP contribution in [0.3, 0.4) is 0 Å². The molecule has 3 heterocycles. The summed E-state index contributed by atoms with van der Waals surface area (Å²) in [5, 5.41) is 3.19. The van der Waals surface area contributed by atoms with E-state index in [1.54, 1.807) is 7.05 Å². The van der Waals surface area contributed by atoms with E-state index in [4.69, 9.17) is 4.74 Å². The zero-order valence-electron chi connectivity index (χ0n) is 12.3. The zero-order valence-corrected chi connectivity index (χ0v) is 12.3. The maximum atomic E-state index is 12.1. The molecule has 1 aliphatic heterocycles. The Morgan fingerprint density at radius 2 is 2.14 bits per heavy atom. The third-order valence-corrected chi connectivity index (χ3v) is 4.16. The molecule has 1 saturated heterocycles. The van der Waals surface area contributed by atoms with Crippen LogP contribution in [-0.4, -0.2) is 38.4 Å². The number of fused-ring (bicyclic) bond motifs is 1. The Balaban J connectivity index is 1.91. The number of H-pyrrole nitrogens is 1. The lowest BCUT2D eigenvalue weighted by molar-refractivity contribution is 0.108. The van der Waals surface area contributed by atoms with Gasteiger partial charge < -0.3 is 15.0 Å². The highest BCUT2D eigenvalue weighted by Crippen LogP contribution is 2.20. The highest BCUT2D eigenvalue weighted by Gasteiger charge is 2.24. The van der Waals surface area contributed by atoms with Gasteiger partial charge in [-0.3, -0.25) is 13.9 Å². The van der Waals surface area contributed by atoms with E-state index in [-0.39, 0.29) is 17.4 Å². The Hall–Kier alpha value is -2.09. The molecule has 0 aromatic carbocycles. The second kappa shape index (κ2) is 5.03. The predicted molar refractivity (Wildman–Crippen MR) is 78.6 cm³/mol. The maximum absolute atomic E-state index is 12.1. The van der Waals surface area contributed by atoms with Crippen LogP contribution in [0.5, 0.6) is 0 Å². The van der Waals surface area contributed by atoms with E-state index in [9.17, 15) is 9.59 Å². The van der Waals surface area contributed by atoms with Crippen LogP contribution in [0, 0.1) is 5.92 Å². The van der Waals surface area contributed by atoms with Crippen LogP contribution in [0.25, 0.3) is 11.2 Å². The fraction of sp³-hybridized carbons (Fsp3) is 0.615. The van der Waals surface area contributed by atoms with Crippen molar-refractivity contribution in [2.45, 2.75) is 19.4 Å². The lowest BCUT2D eigenvalue weighted by Crippen LogP contribution is -2.36. The number of nitrogens with one attached hydrogen (secondary N) is 2. The molecule has 0 bridgehead atoms. The van der Waals surface area contributed by atoms with Crippen molar-refractivity contribution < 1.29 is 4.74 Å². The number of nitrogens with zero attached hydrogens (tertiary/aromatic N) is 3. The van der Waals surface area contributed by atoms with Crippen molar-refractivity contribution in [2.24, 2.45) is 20.0 Å². The number of ether oxygens (including phenoxy) is 1. The van der Waals surface area contributed by atoms with Crippen molar-refractivity contribution in [2.75, 3.05) is 18.5 Å². The van der Waals surface area contributed by atoms with E-state index in [0.717, 1.165) is 24.1 Å². The summed E-state index contributed by atoms with van der Waals surface area (Å²) in [5.41, 5.74) is -0.0614. The zero-order chi connectivity index (χ0) is 15.1. The minimum atomic E-state index is -0.386. The molecular formula is C13H19N5O3. The summed E-state index contributed by atoms with van der Waals surface area (Å²) in [6, 6.07) is 0. The molecule has 2 N–H and O–H groups in total. The molecule has 3 rings (SSSR count). The number of aryl methyl sites for hydroxylation is 1. The van der Waals surface area contributed by atoms with E-state index >= 15 is 0 Å². The van der Waals surface area contributed by atoms with Gasteiger partial charge in [-0.25, -0.2) is 4.79 Å². The highest BCUT2D eigenvalue weighted by molar-refractivity contribution is 5.72. The third kappa shape index (κ3) is 2.25. The summed E-state index contributed by atoms with van der Waals surface area (Å²) < 4.78 is 7.94. The highest BCUT2D eigenvalue weighted by atomic mass is 16.5. The summed E-state index contributed by atoms with van der Waals surface area (Å²) >= 11 is 0. The van der Waals surface area contributed by atoms with E-state index in [1.807, 2.05) is 0 Å². The topological polar surface area (TPSA) is 93.9 Å². The lowest BCUT2D eigenvalue weighted by Gasteiger charge is -2.13. The standard InChI is InChI=1S/C13H19N5O3/c1-7-8(4-5-21-7)6-14-12-15-9-10(16-12)17(2)13(20)18(3)11(9)19/h7-8H,4-6H2,1-3H3,(H2,14,15,16). The first-order valence-corrected chi connectivity index (χ1v) is 7.00. The van der Waals surface area contributed by atoms with Crippen LogP contribution in [0.15, 0.2) is 9.59 Å². The normalized spacial score (nSPS) is 22.0. The average molecular weight is 293 g/mol. The summed E-state index contributed by atoms with van der Waals surface area (Å²) in [6.07, 6.45) is 1.23. The molecule has 0 amide bonds. The summed E-state index contributed by atoms with van der Waals surface area (Å²) in [7, 11) is 3.05. The number of hydrogen-bond acceptors (Lipinski definition) is 5. The van der Waals surface area contributed by atoms with Gasteiger partial charge in [-0.15, -0.1) is 0 Å². The smallest absolute Gasteiger partial charge is 0.332 e. The molecule has 2 unspecified atom stereocenters. The predicted octanol–water partition coefficient (Wildman–Crippen LogP) is -0.203. The molecule has 0 radical (unpaired) electrons. The quantitative estimate of drug-likeness (QED) is 0.817. The first kappa shape index (κ1) is 13.9. The molecule has 0 spiro atoms. The summed E-state index contributed by atoms with van der Waals surface area (Å²) in [6.45, 7) is 3.55. The van der Waals surface area contributed by atoms with Crippen LogP contribution in [-0.2, 0) is 18.8 Å². The van der Waals surface area contributed by atoms with Gasteiger partial charge in [-0.1, -0.05) is 0 Å². The van der Waals surface area contributed by atoms with Gasteiger partial charge in [0.05, 0.1) is 6.10 Å². The molecule has 2 aromatic heterocycles. The van der Waals surface area contributed by atoms with Crippen LogP contribution >= 0.6 is 0 Å². The minimum Gasteiger partial charge on any atom is -0.378 e. The van der Waals surface area contributed by atoms with Crippen LogP contribution in [0.2, 0.25) is 0 Å². The van der Waals surface area contributed by atoms with Crippen molar-refractivity contribution in [3.63, 3.8) is 0 Å². The van der Waals surface area contributed by atoms with Crippen molar-refractivity contribution in [1.29, 1.82) is 0 Å². The summed E-state index contributed by atoms with van der Waals surface area (Å²) in [5.74, 6) is 0.923. The van der Waals surface area contributed by atoms with E-state index in [0.29, 0.717) is 23.0 Å². The molecule has 8 nitrogen and oxygen atoms in total. The van der Waals surface area contributed by atoms with Crippen LogP contribution < -0.4 is 16.6 Å². The average Bonchev–Trinajstić information content (AvgIpc) is 3.07. The number of rotatable bonds is 3. The lowest BCUT2D eigenvalue weighted by atomic mass is 10.0. The first-order chi connectivity index (χ1) is 9.99. The molecule has 2 aromatic rings. The number of aromatic nitrogens is 4. The molecule has 2 atom stereocenters. The second-order valence-electron chi connectivity index (χ2n) is 5.50. The molecule has 114 valence electrons. The Bertz CT molecular complexity index is 787. The van der Waals surface area contributed by atoms with Gasteiger partial charge in [-0.2, -0.15) is 4.98 Å². The maximum Gasteiger partial charge on any atom is 0.332 e. The van der Waals surface area contributed by atoms with Gasteiger partial charge in [-0.05, 0) is 13.3 Å². The Morgan fingerprint density at radius 1 is 1.38 bits per heavy atom. The number of imidazole rings is 1. The molecule has 0 saturated carbocycles. The van der Waals surface area contributed by atoms with Gasteiger partial charge >= 0.3 is 5.69 Å². The largest absolute Gasteiger partial charge is 0.378 e. The monoisotopic (exact) mass is 293 g/mol. The Labute approximate surface area is 120 Å². The molecule has 1 fully saturated rings. The SMILES string of the molecule is CC1OCCC1CNc1nc2c([nH]1)c(=O)n(C)c(=O)n2C. The molecule has 21 heavy (non-hydrogen) atoms. The van der Waals surface area contributed by atoms with E-state index in [2.05, 4.69) is 22.2 Å². The van der Waals surface area contributed by atoms with Gasteiger partial charge in [0, 0.05) is 33.2 Å². The minimum absolute atomic E-state index is 0.221. The van der Waals surface area contributed by atoms with E-state index < -0.39 is 0 Å². The number of aromatic amines is 1. The second-order valence-corrected chi connectivity index (χ2v) is 5.50. The first-order valence-electron chi connectivity index (χ1n) is 7.00. The molecule has 1 aliphatic rings. The van der Waals surface area contributed by atoms with Crippen molar-refractivity contribution in [3.05, 3.63) is 20.8 Å². The Kier molecular flexibility index (Phi) is 3.32. The number of hydrogen-bond donors (Lipinski definition) is 2. The Morgan fingerprint density at radius 3 is 2.81 bits per heavy atom. The van der Waals surface area contributed by atoms with Gasteiger partial charge in [0.25, 0.3) is 5.56 Å². The van der Waals surface area contributed by atoms with Gasteiger partial charge in [0.1, 0.15) is 0 Å². The van der Waals surface area contributed by atoms with Gasteiger partial charge in [0.15, 0.2) is 11.2 Å². The third-order valence-electron chi connectivity index (χ3n) is 4.16. The van der Waals surface area contributed by atoms with Crippen LogP contribution in [0.4, 0.5) is 5.95 Å². The molecule has 8 heteroatoms. The van der Waals surface area contributed by atoms with Gasteiger partial charge in [0.2, 0.25) is 5.95 Å². The molecular weight excluding hydrogens is 274 g/mol. The van der Waals surface area contributed by atoms with E-state index in [1.165, 1.54) is 11.6 Å². The number of anilines is 1. The molecule has 0 aliphatic carbocycles. The van der Waals surface area contributed by atoms with Crippen molar-refractivity contribution >= 4 is 17.1 Å². The van der Waals surface area contributed by atoms with Crippen molar-refractivity contribution in [3.8, 4) is 0 Å². The summed E-state index contributed by atoms with van der Waals surface area (Å²) in [4.78, 5) is 31.2. The fourth-order valence-corrected chi connectivity index (χ4v) is 2.68. The van der Waals surface area contributed by atoms with Crippen molar-refractivity contribution in [1.82, 2.24) is 19.1 Å². The van der Waals surface area contributed by atoms with Crippen LogP contribution in [0.1, 0.15) is 13.3 Å². The fourth-order valence-electron chi connectivity index (χ4n) is 2.68.